The van der Waals surface area contributed by atoms with Crippen LogP contribution >= 0.6 is 0 Å². The van der Waals surface area contributed by atoms with Crippen molar-refractivity contribution in [2.45, 2.75) is 32.2 Å². The third-order valence-corrected chi connectivity index (χ3v) is 3.68. The minimum Gasteiger partial charge on any atom is -0.481 e. The summed E-state index contributed by atoms with van der Waals surface area (Å²) < 4.78 is 5.18. The van der Waals surface area contributed by atoms with Crippen molar-refractivity contribution in [3.8, 4) is 0 Å². The Morgan fingerprint density at radius 1 is 1.33 bits per heavy atom. The van der Waals surface area contributed by atoms with E-state index in [0.717, 1.165) is 0 Å². The highest BCUT2D eigenvalue weighted by Crippen LogP contribution is 2.30. The first kappa shape index (κ1) is 14.9. The Hall–Kier alpha value is -1.14. The monoisotopic (exact) mass is 258 g/mol. The highest BCUT2D eigenvalue weighted by Gasteiger charge is 2.41. The number of carboxylic acids is 1. The van der Waals surface area contributed by atoms with Crippen LogP contribution in [0.25, 0.3) is 0 Å². The Morgan fingerprint density at radius 3 is 2.33 bits per heavy atom. The Bertz CT molecular complexity index is 322. The van der Waals surface area contributed by atoms with Crippen molar-refractivity contribution in [1.29, 1.82) is 0 Å². The first-order chi connectivity index (χ1) is 8.34. The van der Waals surface area contributed by atoms with Crippen molar-refractivity contribution < 1.29 is 19.4 Å². The molecule has 0 radical (unpaired) electrons. The van der Waals surface area contributed by atoms with Crippen molar-refractivity contribution >= 4 is 11.9 Å². The predicted molar refractivity (Wildman–Crippen MR) is 66.3 cm³/mol. The summed E-state index contributed by atoms with van der Waals surface area (Å²) in [5.41, 5.74) is -1.59. The number of rotatable bonds is 5. The molecule has 0 aromatic carbocycles. The van der Waals surface area contributed by atoms with Gasteiger partial charge in [0.2, 0.25) is 5.91 Å². The lowest BCUT2D eigenvalue weighted by Crippen LogP contribution is -2.55. The maximum Gasteiger partial charge on any atom is 0.311 e. The molecule has 1 aliphatic rings. The van der Waals surface area contributed by atoms with Crippen LogP contribution in [0.2, 0.25) is 0 Å². The summed E-state index contributed by atoms with van der Waals surface area (Å²) in [5.74, 6) is -1.06. The summed E-state index contributed by atoms with van der Waals surface area (Å²) in [6.07, 6.45) is 0.866. The van der Waals surface area contributed by atoms with E-state index in [9.17, 15) is 14.7 Å². The normalized spacial score (nSPS) is 19.3. The quantitative estimate of drug-likeness (QED) is 0.645. The molecule has 18 heavy (non-hydrogen) atoms. The van der Waals surface area contributed by atoms with Gasteiger partial charge in [-0.15, -0.1) is 0 Å². The molecule has 1 fully saturated rings. The SMILES string of the molecule is CNC(C)(C)C(=O)NCC1(C(=O)O)CCOCC1. The Kier molecular flexibility index (Phi) is 4.70. The molecule has 1 heterocycles. The molecule has 1 aliphatic heterocycles. The summed E-state index contributed by atoms with van der Waals surface area (Å²) in [6.45, 7) is 4.50. The van der Waals surface area contributed by atoms with E-state index in [0.29, 0.717) is 26.1 Å². The van der Waals surface area contributed by atoms with Gasteiger partial charge >= 0.3 is 5.97 Å². The number of likely N-dealkylation sites (N-methyl/N-ethyl adjacent to an activating group) is 1. The first-order valence-corrected chi connectivity index (χ1v) is 6.12. The average molecular weight is 258 g/mol. The summed E-state index contributed by atoms with van der Waals surface area (Å²) in [6, 6.07) is 0. The second kappa shape index (κ2) is 5.67. The smallest absolute Gasteiger partial charge is 0.311 e. The van der Waals surface area contributed by atoms with Crippen molar-refractivity contribution in [2.24, 2.45) is 5.41 Å². The zero-order valence-electron chi connectivity index (χ0n) is 11.2. The number of hydrogen-bond acceptors (Lipinski definition) is 4. The second-order valence-corrected chi connectivity index (χ2v) is 5.26. The van der Waals surface area contributed by atoms with E-state index in [1.165, 1.54) is 0 Å². The lowest BCUT2D eigenvalue weighted by molar-refractivity contribution is -0.154. The van der Waals surface area contributed by atoms with Crippen LogP contribution in [-0.2, 0) is 14.3 Å². The van der Waals surface area contributed by atoms with Crippen LogP contribution in [0.4, 0.5) is 0 Å². The Morgan fingerprint density at radius 2 is 1.89 bits per heavy atom. The number of carbonyl (C=O) groups is 2. The molecule has 0 aromatic rings. The molecular weight excluding hydrogens is 236 g/mol. The third-order valence-electron chi connectivity index (χ3n) is 3.68. The minimum atomic E-state index is -0.891. The molecule has 0 spiro atoms. The lowest BCUT2D eigenvalue weighted by atomic mass is 9.80. The fourth-order valence-corrected chi connectivity index (χ4v) is 1.81. The molecule has 0 unspecified atom stereocenters. The number of nitrogens with one attached hydrogen (secondary N) is 2. The van der Waals surface area contributed by atoms with Gasteiger partial charge in [0.05, 0.1) is 11.0 Å². The van der Waals surface area contributed by atoms with Gasteiger partial charge < -0.3 is 20.5 Å². The van der Waals surface area contributed by atoms with E-state index in [2.05, 4.69) is 10.6 Å². The van der Waals surface area contributed by atoms with Crippen molar-refractivity contribution in [1.82, 2.24) is 10.6 Å². The zero-order valence-corrected chi connectivity index (χ0v) is 11.2. The van der Waals surface area contributed by atoms with Gasteiger partial charge in [0.15, 0.2) is 0 Å². The molecule has 3 N–H and O–H groups in total. The van der Waals surface area contributed by atoms with Gasteiger partial charge in [0.1, 0.15) is 0 Å². The van der Waals surface area contributed by atoms with Crippen LogP contribution < -0.4 is 10.6 Å². The molecule has 104 valence electrons. The number of ether oxygens (including phenoxy) is 1. The standard InChI is InChI=1S/C12H22N2O4/c1-11(2,13-3)9(15)14-8-12(10(16)17)4-6-18-7-5-12/h13H,4-8H2,1-3H3,(H,14,15)(H,16,17). The van der Waals surface area contributed by atoms with E-state index in [1.807, 2.05) is 0 Å². The number of aliphatic carboxylic acids is 1. The number of carbonyl (C=O) groups excluding carboxylic acids is 1. The second-order valence-electron chi connectivity index (χ2n) is 5.26. The molecule has 0 aliphatic carbocycles. The lowest BCUT2D eigenvalue weighted by Gasteiger charge is -2.34. The van der Waals surface area contributed by atoms with E-state index in [-0.39, 0.29) is 12.5 Å². The summed E-state index contributed by atoms with van der Waals surface area (Å²) in [5, 5.41) is 15.0. The van der Waals surface area contributed by atoms with Crippen LogP contribution in [0.1, 0.15) is 26.7 Å². The zero-order chi connectivity index (χ0) is 13.8. The largest absolute Gasteiger partial charge is 0.481 e. The van der Waals surface area contributed by atoms with Crippen LogP contribution in [0, 0.1) is 5.41 Å². The molecule has 0 atom stereocenters. The maximum atomic E-state index is 11.9. The van der Waals surface area contributed by atoms with Gasteiger partial charge in [-0.1, -0.05) is 0 Å². The summed E-state index contributed by atoms with van der Waals surface area (Å²) in [4.78, 5) is 23.3. The van der Waals surface area contributed by atoms with Gasteiger partial charge in [-0.05, 0) is 33.7 Å². The van der Waals surface area contributed by atoms with E-state index >= 15 is 0 Å². The number of amides is 1. The molecule has 0 saturated carbocycles. The fourth-order valence-electron chi connectivity index (χ4n) is 1.81. The summed E-state index contributed by atoms with van der Waals surface area (Å²) >= 11 is 0. The van der Waals surface area contributed by atoms with Crippen LogP contribution in [0.15, 0.2) is 0 Å². The molecule has 1 amide bonds. The highest BCUT2D eigenvalue weighted by molar-refractivity contribution is 5.86. The fraction of sp³-hybridized carbons (Fsp3) is 0.833. The Balaban J connectivity index is 2.64. The Labute approximate surface area is 107 Å². The topological polar surface area (TPSA) is 87.7 Å². The van der Waals surface area contributed by atoms with E-state index in [4.69, 9.17) is 4.74 Å². The minimum absolute atomic E-state index is 0.148. The third kappa shape index (κ3) is 3.20. The summed E-state index contributed by atoms with van der Waals surface area (Å²) in [7, 11) is 1.70. The molecule has 6 heteroatoms. The van der Waals surface area contributed by atoms with Crippen LogP contribution in [-0.4, -0.2) is 49.3 Å². The van der Waals surface area contributed by atoms with Crippen molar-refractivity contribution in [3.05, 3.63) is 0 Å². The maximum absolute atomic E-state index is 11.9. The van der Waals surface area contributed by atoms with Gasteiger partial charge in [-0.3, -0.25) is 9.59 Å². The number of carboxylic acid groups (broad SMARTS) is 1. The van der Waals surface area contributed by atoms with Gasteiger partial charge in [0, 0.05) is 19.8 Å². The van der Waals surface area contributed by atoms with Gasteiger partial charge in [-0.25, -0.2) is 0 Å². The first-order valence-electron chi connectivity index (χ1n) is 6.12. The van der Waals surface area contributed by atoms with Gasteiger partial charge in [0.25, 0.3) is 0 Å². The molecule has 0 aromatic heterocycles. The van der Waals surface area contributed by atoms with E-state index in [1.54, 1.807) is 20.9 Å². The van der Waals surface area contributed by atoms with Crippen molar-refractivity contribution in [2.75, 3.05) is 26.8 Å². The molecule has 1 rings (SSSR count). The van der Waals surface area contributed by atoms with Crippen molar-refractivity contribution in [3.63, 3.8) is 0 Å². The molecular formula is C12H22N2O4. The van der Waals surface area contributed by atoms with Crippen LogP contribution in [0.3, 0.4) is 0 Å². The molecule has 6 nitrogen and oxygen atoms in total. The highest BCUT2D eigenvalue weighted by atomic mass is 16.5. The van der Waals surface area contributed by atoms with E-state index < -0.39 is 16.9 Å². The predicted octanol–water partition coefficient (Wildman–Crippen LogP) is -0.0180. The average Bonchev–Trinajstić information content (AvgIpc) is 2.36. The molecule has 1 saturated heterocycles. The number of hydrogen-bond donors (Lipinski definition) is 3. The molecule has 0 bridgehead atoms. The van der Waals surface area contributed by atoms with Gasteiger partial charge in [-0.2, -0.15) is 0 Å². The van der Waals surface area contributed by atoms with Crippen LogP contribution in [0.5, 0.6) is 0 Å².